The van der Waals surface area contributed by atoms with Gasteiger partial charge in [0.2, 0.25) is 5.91 Å². The molecule has 2 heterocycles. The summed E-state index contributed by atoms with van der Waals surface area (Å²) >= 11 is 2.64. The topological polar surface area (TPSA) is 134 Å². The second-order valence-corrected chi connectivity index (χ2v) is 12.3. The molecule has 0 saturated heterocycles. The first-order valence-electron chi connectivity index (χ1n) is 14.1. The molecular formula is C31H33N5O6S2. The van der Waals surface area contributed by atoms with Gasteiger partial charge in [0.25, 0.3) is 5.91 Å². The minimum Gasteiger partial charge on any atom is -0.497 e. The summed E-state index contributed by atoms with van der Waals surface area (Å²) in [6, 6.07) is 14.2. The Bertz CT molecular complexity index is 1670. The normalized spacial score (nSPS) is 12.7. The van der Waals surface area contributed by atoms with Gasteiger partial charge in [-0.15, -0.1) is 21.5 Å². The van der Waals surface area contributed by atoms with Crippen LogP contribution >= 0.6 is 23.1 Å². The van der Waals surface area contributed by atoms with Crippen LogP contribution in [0.5, 0.6) is 11.5 Å². The average molecular weight is 636 g/mol. The highest BCUT2D eigenvalue weighted by Gasteiger charge is 2.30. The fraction of sp³-hybridized carbons (Fsp3) is 0.323. The summed E-state index contributed by atoms with van der Waals surface area (Å²) < 4.78 is 17.8. The molecule has 2 N–H and O–H groups in total. The fourth-order valence-electron chi connectivity index (χ4n) is 4.89. The molecule has 1 atom stereocenters. The number of amides is 2. The Morgan fingerprint density at radius 3 is 2.55 bits per heavy atom. The number of ether oxygens (including phenoxy) is 3. The number of hydrogen-bond donors (Lipinski definition) is 2. The van der Waals surface area contributed by atoms with Crippen LogP contribution in [-0.2, 0) is 28.9 Å². The van der Waals surface area contributed by atoms with E-state index in [9.17, 15) is 14.4 Å². The number of nitrogens with zero attached hydrogens (tertiary/aromatic N) is 3. The number of aromatic nitrogens is 3. The predicted octanol–water partition coefficient (Wildman–Crippen LogP) is 5.06. The van der Waals surface area contributed by atoms with Gasteiger partial charge in [-0.25, -0.2) is 4.79 Å². The van der Waals surface area contributed by atoms with Crippen molar-refractivity contribution in [2.75, 3.05) is 26.1 Å². The van der Waals surface area contributed by atoms with Crippen molar-refractivity contribution in [3.05, 3.63) is 75.9 Å². The van der Waals surface area contributed by atoms with Crippen LogP contribution < -0.4 is 20.1 Å². The number of nitrogens with one attached hydrogen (secondary N) is 2. The summed E-state index contributed by atoms with van der Waals surface area (Å²) in [5.74, 6) is 0.679. The number of rotatable bonds is 12. The molecule has 230 valence electrons. The summed E-state index contributed by atoms with van der Waals surface area (Å²) in [6.45, 7) is 3.85. The molecule has 13 heteroatoms. The summed E-state index contributed by atoms with van der Waals surface area (Å²) in [7, 11) is 3.13. The highest BCUT2D eigenvalue weighted by atomic mass is 32.2. The Balaban J connectivity index is 1.37. The fourth-order valence-corrected chi connectivity index (χ4v) is 7.05. The lowest BCUT2D eigenvalue weighted by molar-refractivity contribution is -0.115. The molecule has 0 spiro atoms. The SMILES string of the molecule is CCOC(=O)c1c(NC(=O)[C@H](C)Sc2nnc(CNC(=O)c3ccc(OC)cc3)n2-c2ccccc2OC)sc2c1CCC2. The van der Waals surface area contributed by atoms with Crippen LogP contribution in [0, 0.1) is 0 Å². The van der Waals surface area contributed by atoms with Gasteiger partial charge in [-0.3, -0.25) is 14.2 Å². The van der Waals surface area contributed by atoms with Crippen molar-refractivity contribution < 1.29 is 28.6 Å². The molecule has 2 aromatic carbocycles. The predicted molar refractivity (Wildman–Crippen MR) is 168 cm³/mol. The van der Waals surface area contributed by atoms with Crippen LogP contribution in [0.1, 0.15) is 57.2 Å². The molecule has 4 aromatic rings. The number of methoxy groups -OCH3 is 2. The van der Waals surface area contributed by atoms with Crippen molar-refractivity contribution in [2.24, 2.45) is 0 Å². The van der Waals surface area contributed by atoms with E-state index in [0.29, 0.717) is 44.3 Å². The number of aryl methyl sites for hydroxylation is 1. The van der Waals surface area contributed by atoms with Crippen molar-refractivity contribution in [3.8, 4) is 17.2 Å². The Hall–Kier alpha value is -4.36. The van der Waals surface area contributed by atoms with E-state index in [1.807, 2.05) is 24.3 Å². The van der Waals surface area contributed by atoms with E-state index in [2.05, 4.69) is 20.8 Å². The minimum atomic E-state index is -0.610. The number of anilines is 1. The van der Waals surface area contributed by atoms with Gasteiger partial charge in [-0.1, -0.05) is 23.9 Å². The molecule has 0 saturated carbocycles. The molecule has 0 fully saturated rings. The first-order chi connectivity index (χ1) is 21.3. The van der Waals surface area contributed by atoms with Crippen molar-refractivity contribution >= 4 is 45.9 Å². The van der Waals surface area contributed by atoms with Gasteiger partial charge in [0.05, 0.1) is 43.9 Å². The maximum atomic E-state index is 13.4. The van der Waals surface area contributed by atoms with E-state index in [4.69, 9.17) is 14.2 Å². The Labute approximate surface area is 263 Å². The molecule has 2 amide bonds. The van der Waals surface area contributed by atoms with Crippen LogP contribution in [-0.4, -0.2) is 58.6 Å². The second kappa shape index (κ2) is 14.0. The van der Waals surface area contributed by atoms with Gasteiger partial charge < -0.3 is 24.8 Å². The zero-order valence-corrected chi connectivity index (χ0v) is 26.5. The molecule has 5 rings (SSSR count). The number of thioether (sulfide) groups is 1. The maximum Gasteiger partial charge on any atom is 0.341 e. The molecular weight excluding hydrogens is 603 g/mol. The summed E-state index contributed by atoms with van der Waals surface area (Å²) in [5, 5.41) is 14.9. The number of hydrogen-bond acceptors (Lipinski definition) is 10. The standard InChI is InChI=1S/C31H33N5O6S2/c1-5-42-30(39)26-21-9-8-12-24(21)44-29(26)33-27(37)18(2)43-31-35-34-25(36(31)22-10-6-7-11-23(22)41-4)17-32-28(38)19-13-15-20(40-3)16-14-19/h6-7,10-11,13-16,18H,5,8-9,12,17H2,1-4H3,(H,32,38)(H,33,37)/t18-/m0/s1. The molecule has 1 aliphatic carbocycles. The molecule has 0 aliphatic heterocycles. The van der Waals surface area contributed by atoms with E-state index in [-0.39, 0.29) is 25.0 Å². The zero-order valence-electron chi connectivity index (χ0n) is 24.8. The molecule has 11 nitrogen and oxygen atoms in total. The van der Waals surface area contributed by atoms with Crippen LogP contribution in [0.2, 0.25) is 0 Å². The van der Waals surface area contributed by atoms with Gasteiger partial charge in [-0.2, -0.15) is 0 Å². The zero-order chi connectivity index (χ0) is 31.2. The van der Waals surface area contributed by atoms with E-state index < -0.39 is 11.2 Å². The molecule has 0 unspecified atom stereocenters. The third-order valence-corrected chi connectivity index (χ3v) is 9.32. The van der Waals surface area contributed by atoms with Gasteiger partial charge >= 0.3 is 5.97 Å². The van der Waals surface area contributed by atoms with E-state index in [1.54, 1.807) is 56.9 Å². The average Bonchev–Trinajstić information content (AvgIpc) is 3.74. The number of esters is 1. The summed E-state index contributed by atoms with van der Waals surface area (Å²) in [4.78, 5) is 40.2. The van der Waals surface area contributed by atoms with Crippen molar-refractivity contribution in [1.82, 2.24) is 20.1 Å². The second-order valence-electron chi connectivity index (χ2n) is 9.85. The number of thiophene rings is 1. The number of fused-ring (bicyclic) bond motifs is 1. The number of benzene rings is 2. The quantitative estimate of drug-likeness (QED) is 0.162. The number of carbonyl (C=O) groups is 3. The first kappa shape index (κ1) is 31.1. The van der Waals surface area contributed by atoms with Gasteiger partial charge in [-0.05, 0) is 75.1 Å². The summed E-state index contributed by atoms with van der Waals surface area (Å²) in [6.07, 6.45) is 2.65. The van der Waals surface area contributed by atoms with Gasteiger partial charge in [0, 0.05) is 10.4 Å². The van der Waals surface area contributed by atoms with E-state index >= 15 is 0 Å². The molecule has 0 bridgehead atoms. The summed E-state index contributed by atoms with van der Waals surface area (Å²) in [5.41, 5.74) is 2.56. The van der Waals surface area contributed by atoms with E-state index in [0.717, 1.165) is 29.7 Å². The lowest BCUT2D eigenvalue weighted by atomic mass is 10.1. The minimum absolute atomic E-state index is 0.0701. The van der Waals surface area contributed by atoms with Gasteiger partial charge in [0.1, 0.15) is 16.5 Å². The highest BCUT2D eigenvalue weighted by Crippen LogP contribution is 2.40. The smallest absolute Gasteiger partial charge is 0.341 e. The molecule has 2 aromatic heterocycles. The van der Waals surface area contributed by atoms with Crippen molar-refractivity contribution in [3.63, 3.8) is 0 Å². The van der Waals surface area contributed by atoms with E-state index in [1.165, 1.54) is 23.1 Å². The van der Waals surface area contributed by atoms with Crippen LogP contribution in [0.4, 0.5) is 5.00 Å². The first-order valence-corrected chi connectivity index (χ1v) is 15.8. The maximum absolute atomic E-state index is 13.4. The molecule has 44 heavy (non-hydrogen) atoms. The highest BCUT2D eigenvalue weighted by molar-refractivity contribution is 8.00. The largest absolute Gasteiger partial charge is 0.497 e. The van der Waals surface area contributed by atoms with Gasteiger partial charge in [0.15, 0.2) is 11.0 Å². The molecule has 1 aliphatic rings. The number of carbonyl (C=O) groups excluding carboxylic acids is 3. The van der Waals surface area contributed by atoms with Crippen molar-refractivity contribution in [1.29, 1.82) is 0 Å². The lowest BCUT2D eigenvalue weighted by Gasteiger charge is -2.16. The van der Waals surface area contributed by atoms with Crippen LogP contribution in [0.15, 0.2) is 53.7 Å². The Morgan fingerprint density at radius 1 is 1.05 bits per heavy atom. The Morgan fingerprint density at radius 2 is 1.82 bits per heavy atom. The van der Waals surface area contributed by atoms with Crippen molar-refractivity contribution in [2.45, 2.75) is 50.1 Å². The Kier molecular flexibility index (Phi) is 9.85. The third kappa shape index (κ3) is 6.58. The molecule has 0 radical (unpaired) electrons. The monoisotopic (exact) mass is 635 g/mol. The number of para-hydroxylation sites is 2. The van der Waals surface area contributed by atoms with Crippen LogP contribution in [0.25, 0.3) is 5.69 Å². The van der Waals surface area contributed by atoms with Crippen LogP contribution in [0.3, 0.4) is 0 Å². The lowest BCUT2D eigenvalue weighted by Crippen LogP contribution is -2.25. The third-order valence-electron chi connectivity index (χ3n) is 7.07.